The third-order valence-corrected chi connectivity index (χ3v) is 9.68. The van der Waals surface area contributed by atoms with Crippen molar-refractivity contribution >= 4 is 51.6 Å². The van der Waals surface area contributed by atoms with Gasteiger partial charge in [0.2, 0.25) is 11.8 Å². The first-order chi connectivity index (χ1) is 23.3. The van der Waals surface area contributed by atoms with E-state index in [0.717, 1.165) is 72.8 Å². The number of anilines is 2. The normalized spacial score (nSPS) is 18.2. The molecule has 3 amide bonds. The molecule has 0 aliphatic carbocycles. The van der Waals surface area contributed by atoms with Crippen LogP contribution in [0.4, 0.5) is 11.5 Å². The molecule has 3 aliphatic heterocycles. The number of imidazole rings is 1. The highest BCUT2D eigenvalue weighted by molar-refractivity contribution is 6.29. The van der Waals surface area contributed by atoms with Gasteiger partial charge in [-0.3, -0.25) is 34.1 Å². The highest BCUT2D eigenvalue weighted by Gasteiger charge is 2.40. The van der Waals surface area contributed by atoms with E-state index >= 15 is 0 Å². The number of carbonyl (C=O) groups excluding carboxylic acids is 3. The molecule has 2 fully saturated rings. The largest absolute Gasteiger partial charge is 0.354 e. The number of piperidine rings is 1. The van der Waals surface area contributed by atoms with E-state index in [1.165, 1.54) is 11.1 Å². The number of nitrogens with one attached hydrogen (secondary N) is 1. The van der Waals surface area contributed by atoms with Crippen LogP contribution >= 0.6 is 11.6 Å². The molecule has 2 aromatic heterocycles. The van der Waals surface area contributed by atoms with Crippen molar-refractivity contribution in [3.05, 3.63) is 106 Å². The molecule has 0 saturated carbocycles. The number of imide groups is 1. The molecule has 2 saturated heterocycles. The van der Waals surface area contributed by atoms with E-state index in [-0.39, 0.29) is 18.2 Å². The summed E-state index contributed by atoms with van der Waals surface area (Å²) in [5, 5.41) is 4.70. The van der Waals surface area contributed by atoms with Gasteiger partial charge in [-0.15, -0.1) is 0 Å². The van der Waals surface area contributed by atoms with E-state index in [4.69, 9.17) is 16.6 Å². The summed E-state index contributed by atoms with van der Waals surface area (Å²) in [5.41, 5.74) is 4.90. The monoisotopic (exact) mass is 660 g/mol. The molecule has 0 spiro atoms. The summed E-state index contributed by atoms with van der Waals surface area (Å²) in [7, 11) is 0. The Morgan fingerprint density at radius 2 is 1.69 bits per heavy atom. The summed E-state index contributed by atoms with van der Waals surface area (Å²) < 4.78 is 1.81. The molecular formula is C36H33ClN8O3. The van der Waals surface area contributed by atoms with Gasteiger partial charge in [0.25, 0.3) is 5.91 Å². The highest BCUT2D eigenvalue weighted by Crippen LogP contribution is 2.41. The van der Waals surface area contributed by atoms with Gasteiger partial charge < -0.3 is 4.90 Å². The second-order valence-corrected chi connectivity index (χ2v) is 13.0. The molecule has 3 aromatic carbocycles. The summed E-state index contributed by atoms with van der Waals surface area (Å²) in [6, 6.07) is 19.8. The van der Waals surface area contributed by atoms with Crippen LogP contribution in [0, 0.1) is 6.92 Å². The van der Waals surface area contributed by atoms with Crippen molar-refractivity contribution in [2.24, 2.45) is 0 Å². The van der Waals surface area contributed by atoms with Crippen molar-refractivity contribution in [3.8, 4) is 5.82 Å². The lowest BCUT2D eigenvalue weighted by molar-refractivity contribution is -0.134. The Hall–Kier alpha value is -5.13. The fraction of sp³-hybridized carbons (Fsp3) is 0.278. The van der Waals surface area contributed by atoms with E-state index < -0.39 is 11.9 Å². The van der Waals surface area contributed by atoms with Gasteiger partial charge in [0.1, 0.15) is 35.0 Å². The van der Waals surface area contributed by atoms with E-state index in [2.05, 4.69) is 55.4 Å². The Morgan fingerprint density at radius 1 is 0.917 bits per heavy atom. The molecular weight excluding hydrogens is 628 g/mol. The predicted octanol–water partition coefficient (Wildman–Crippen LogP) is 4.46. The van der Waals surface area contributed by atoms with Crippen LogP contribution in [-0.4, -0.2) is 74.4 Å². The smallest absolute Gasteiger partial charge is 0.259 e. The molecule has 12 heteroatoms. The molecule has 1 unspecified atom stereocenters. The lowest BCUT2D eigenvalue weighted by Gasteiger charge is -2.35. The number of amides is 3. The molecule has 11 nitrogen and oxygen atoms in total. The molecule has 3 aliphatic rings. The van der Waals surface area contributed by atoms with Crippen molar-refractivity contribution in [1.82, 2.24) is 29.7 Å². The first-order valence-electron chi connectivity index (χ1n) is 16.1. The number of hydrogen-bond acceptors (Lipinski definition) is 8. The number of nitrogens with zero attached hydrogens (tertiary/aromatic N) is 7. The Morgan fingerprint density at radius 3 is 2.44 bits per heavy atom. The maximum absolute atomic E-state index is 13.5. The Kier molecular flexibility index (Phi) is 7.65. The minimum absolute atomic E-state index is 0.191. The Balaban J connectivity index is 0.928. The summed E-state index contributed by atoms with van der Waals surface area (Å²) in [6.07, 6.45) is 4.66. The average molecular weight is 661 g/mol. The van der Waals surface area contributed by atoms with Gasteiger partial charge in [-0.05, 0) is 54.0 Å². The van der Waals surface area contributed by atoms with Crippen LogP contribution in [0.3, 0.4) is 0 Å². The Labute approximate surface area is 282 Å². The number of carbonyl (C=O) groups is 3. The van der Waals surface area contributed by atoms with Crippen LogP contribution < -0.4 is 15.1 Å². The number of aryl methyl sites for hydroxylation is 1. The first kappa shape index (κ1) is 30.2. The first-order valence-corrected chi connectivity index (χ1v) is 16.5. The minimum Gasteiger partial charge on any atom is -0.354 e. The van der Waals surface area contributed by atoms with Gasteiger partial charge in [0, 0.05) is 62.4 Å². The predicted molar refractivity (Wildman–Crippen MR) is 183 cm³/mol. The molecule has 1 atom stereocenters. The molecule has 242 valence electrons. The zero-order valence-corrected chi connectivity index (χ0v) is 27.2. The van der Waals surface area contributed by atoms with Crippen LogP contribution in [-0.2, 0) is 22.6 Å². The third-order valence-electron chi connectivity index (χ3n) is 9.49. The number of piperazine rings is 1. The summed E-state index contributed by atoms with van der Waals surface area (Å²) in [4.78, 5) is 57.6. The van der Waals surface area contributed by atoms with E-state index in [9.17, 15) is 14.4 Å². The summed E-state index contributed by atoms with van der Waals surface area (Å²) in [6.45, 7) is 6.35. The zero-order chi connectivity index (χ0) is 32.9. The summed E-state index contributed by atoms with van der Waals surface area (Å²) >= 11 is 6.02. The number of hydrogen-bond donors (Lipinski definition) is 1. The molecule has 0 bridgehead atoms. The van der Waals surface area contributed by atoms with Gasteiger partial charge in [-0.2, -0.15) is 0 Å². The lowest BCUT2D eigenvalue weighted by Crippen LogP contribution is -2.53. The van der Waals surface area contributed by atoms with Crippen LogP contribution in [0.5, 0.6) is 0 Å². The number of rotatable bonds is 7. The average Bonchev–Trinajstić information content (AvgIpc) is 3.65. The van der Waals surface area contributed by atoms with Gasteiger partial charge >= 0.3 is 0 Å². The molecule has 0 radical (unpaired) electrons. The van der Waals surface area contributed by atoms with Gasteiger partial charge in [-0.25, -0.2) is 15.0 Å². The molecule has 5 heterocycles. The van der Waals surface area contributed by atoms with Crippen molar-refractivity contribution in [3.63, 3.8) is 0 Å². The van der Waals surface area contributed by atoms with Crippen LogP contribution in [0.1, 0.15) is 45.7 Å². The number of benzene rings is 3. The lowest BCUT2D eigenvalue weighted by atomic mass is 9.95. The number of halogens is 1. The van der Waals surface area contributed by atoms with Gasteiger partial charge in [-0.1, -0.05) is 54.1 Å². The quantitative estimate of drug-likeness (QED) is 0.255. The SMILES string of the molecule is Cc1nc(N2CCN(Cc3ccc(Cc4ccc5c6c(cccc46)C(=O)N5C4CCC(=O)NC4=O)cc3)CC2)cc(-n2cnc(Cl)c2)n1. The van der Waals surface area contributed by atoms with Crippen molar-refractivity contribution in [2.45, 2.75) is 38.8 Å². The van der Waals surface area contributed by atoms with Gasteiger partial charge in [0.05, 0.1) is 5.69 Å². The fourth-order valence-electron chi connectivity index (χ4n) is 7.09. The topological polar surface area (TPSA) is 117 Å². The van der Waals surface area contributed by atoms with E-state index in [1.54, 1.807) is 17.4 Å². The summed E-state index contributed by atoms with van der Waals surface area (Å²) in [5.74, 6) is 1.45. The van der Waals surface area contributed by atoms with Crippen LogP contribution in [0.15, 0.2) is 73.2 Å². The molecule has 1 N–H and O–H groups in total. The minimum atomic E-state index is -0.690. The maximum atomic E-state index is 13.5. The third kappa shape index (κ3) is 5.58. The Bertz CT molecular complexity index is 2090. The van der Waals surface area contributed by atoms with Crippen LogP contribution in [0.2, 0.25) is 5.15 Å². The fourth-order valence-corrected chi connectivity index (χ4v) is 7.24. The highest BCUT2D eigenvalue weighted by atomic mass is 35.5. The molecule has 8 rings (SSSR count). The van der Waals surface area contributed by atoms with Crippen molar-refractivity contribution < 1.29 is 14.4 Å². The molecule has 5 aromatic rings. The van der Waals surface area contributed by atoms with Crippen LogP contribution in [0.25, 0.3) is 16.6 Å². The van der Waals surface area contributed by atoms with Gasteiger partial charge in [0.15, 0.2) is 0 Å². The second-order valence-electron chi connectivity index (χ2n) is 12.6. The van der Waals surface area contributed by atoms with E-state index in [1.807, 2.05) is 41.8 Å². The number of aromatic nitrogens is 4. The zero-order valence-electron chi connectivity index (χ0n) is 26.4. The molecule has 48 heavy (non-hydrogen) atoms. The van der Waals surface area contributed by atoms with Crippen molar-refractivity contribution in [2.75, 3.05) is 36.0 Å². The maximum Gasteiger partial charge on any atom is 0.259 e. The van der Waals surface area contributed by atoms with E-state index in [0.29, 0.717) is 23.0 Å². The standard InChI is InChI=1S/C36H33ClN8O3/c1-22-39-31(18-32(40-22)44-20-30(37)38-21-44)43-15-13-42(14-16-43)19-24-7-5-23(6-8-24)17-25-9-10-28-34-26(25)3-2-4-27(34)36(48)45(28)29-11-12-33(46)41-35(29)47/h2-10,18,20-21,29H,11-17,19H2,1H3,(H,41,46,47). The van der Waals surface area contributed by atoms with Crippen molar-refractivity contribution in [1.29, 1.82) is 0 Å². The second kappa shape index (κ2) is 12.1.